The van der Waals surface area contributed by atoms with Crippen molar-refractivity contribution in [3.8, 4) is 11.3 Å². The lowest BCUT2D eigenvalue weighted by Gasteiger charge is -2.50. The number of aryl methyl sites for hydroxylation is 1. The third-order valence-corrected chi connectivity index (χ3v) is 8.86. The van der Waals surface area contributed by atoms with E-state index in [0.29, 0.717) is 45.9 Å². The Kier molecular flexibility index (Phi) is 8.72. The van der Waals surface area contributed by atoms with Crippen LogP contribution in [0.4, 0.5) is 21.2 Å². The van der Waals surface area contributed by atoms with Crippen molar-refractivity contribution < 1.29 is 19.4 Å². The van der Waals surface area contributed by atoms with Crippen LogP contribution in [0, 0.1) is 12.3 Å². The smallest absolute Gasteiger partial charge is 0.413 e. The summed E-state index contributed by atoms with van der Waals surface area (Å²) in [5.74, 6) is 0.822. The Hall–Kier alpha value is -2.78. The Bertz CT molecular complexity index is 1310. The van der Waals surface area contributed by atoms with Gasteiger partial charge in [-0.15, -0.1) is 0 Å². The van der Waals surface area contributed by atoms with Gasteiger partial charge in [-0.3, -0.25) is 10.2 Å². The van der Waals surface area contributed by atoms with Gasteiger partial charge in [-0.1, -0.05) is 41.8 Å². The molecule has 1 saturated heterocycles. The van der Waals surface area contributed by atoms with Gasteiger partial charge in [0, 0.05) is 30.2 Å². The summed E-state index contributed by atoms with van der Waals surface area (Å²) in [4.78, 5) is 38.8. The van der Waals surface area contributed by atoms with Crippen LogP contribution in [0.5, 0.6) is 0 Å². The van der Waals surface area contributed by atoms with E-state index in [1.165, 1.54) is 0 Å². The highest BCUT2D eigenvalue weighted by Gasteiger charge is 2.51. The number of piperidine rings is 1. The molecule has 4 rings (SSSR count). The molecule has 11 heteroatoms. The number of rotatable bonds is 4. The number of aromatic nitrogens is 2. The van der Waals surface area contributed by atoms with E-state index in [4.69, 9.17) is 37.9 Å². The van der Waals surface area contributed by atoms with Crippen LogP contribution in [0.1, 0.15) is 79.3 Å². The predicted octanol–water partition coefficient (Wildman–Crippen LogP) is 8.02. The van der Waals surface area contributed by atoms with E-state index in [1.807, 2.05) is 33.8 Å². The molecule has 1 aromatic carbocycles. The lowest BCUT2D eigenvalue weighted by molar-refractivity contribution is 0.0141. The molecule has 1 aliphatic heterocycles. The molecule has 1 saturated carbocycles. The minimum absolute atomic E-state index is 0.0401. The minimum atomic E-state index is -0.869. The molecule has 1 spiro atoms. The first-order valence-corrected chi connectivity index (χ1v) is 14.9. The van der Waals surface area contributed by atoms with Crippen LogP contribution in [-0.4, -0.2) is 62.4 Å². The monoisotopic (exact) mass is 605 g/mol. The van der Waals surface area contributed by atoms with Crippen molar-refractivity contribution in [3.63, 3.8) is 0 Å². The quantitative estimate of drug-likeness (QED) is 0.363. The number of ether oxygens (including phenoxy) is 1. The number of hydrogen-bond donors (Lipinski definition) is 2. The molecule has 224 valence electrons. The summed E-state index contributed by atoms with van der Waals surface area (Å²) < 4.78 is 5.53. The molecule has 2 aliphatic rings. The maximum absolute atomic E-state index is 12.9. The fraction of sp³-hybridized carbons (Fsp3) is 0.600. The van der Waals surface area contributed by atoms with E-state index in [9.17, 15) is 14.7 Å². The second-order valence-electron chi connectivity index (χ2n) is 13.1. The van der Waals surface area contributed by atoms with Gasteiger partial charge in [-0.25, -0.2) is 19.6 Å². The van der Waals surface area contributed by atoms with E-state index in [0.717, 1.165) is 32.1 Å². The lowest BCUT2D eigenvalue weighted by atomic mass is 9.72. The maximum atomic E-state index is 12.9. The topological polar surface area (TPSA) is 108 Å². The number of carbonyl (C=O) groups excluding carboxylic acids is 1. The zero-order valence-electron chi connectivity index (χ0n) is 25.0. The van der Waals surface area contributed by atoms with Gasteiger partial charge in [0.05, 0.1) is 21.4 Å². The highest BCUT2D eigenvalue weighted by atomic mass is 35.5. The van der Waals surface area contributed by atoms with E-state index in [-0.39, 0.29) is 17.3 Å². The van der Waals surface area contributed by atoms with Crippen molar-refractivity contribution in [2.75, 3.05) is 23.3 Å². The fourth-order valence-corrected chi connectivity index (χ4v) is 6.70. The lowest BCUT2D eigenvalue weighted by Crippen LogP contribution is -2.58. The molecule has 9 nitrogen and oxygen atoms in total. The van der Waals surface area contributed by atoms with Crippen molar-refractivity contribution in [2.45, 2.75) is 97.8 Å². The summed E-state index contributed by atoms with van der Waals surface area (Å²) in [6.45, 7) is 14.4. The number of carbonyl (C=O) groups is 2. The van der Waals surface area contributed by atoms with Crippen LogP contribution in [-0.2, 0) is 4.74 Å². The number of amides is 2. The summed E-state index contributed by atoms with van der Waals surface area (Å²) in [6.07, 6.45) is 2.98. The Morgan fingerprint density at radius 1 is 1.10 bits per heavy atom. The summed E-state index contributed by atoms with van der Waals surface area (Å²) >= 11 is 12.8. The highest BCUT2D eigenvalue weighted by Crippen LogP contribution is 2.51. The van der Waals surface area contributed by atoms with Gasteiger partial charge in [0.1, 0.15) is 5.60 Å². The Labute approximate surface area is 252 Å². The van der Waals surface area contributed by atoms with Crippen molar-refractivity contribution in [1.82, 2.24) is 14.9 Å². The van der Waals surface area contributed by atoms with Crippen molar-refractivity contribution in [3.05, 3.63) is 33.9 Å². The van der Waals surface area contributed by atoms with Gasteiger partial charge in [0.15, 0.2) is 11.6 Å². The number of halogens is 2. The Morgan fingerprint density at radius 3 is 2.34 bits per heavy atom. The normalized spacial score (nSPS) is 18.9. The summed E-state index contributed by atoms with van der Waals surface area (Å²) in [5, 5.41) is 13.7. The number of anilines is 2. The summed E-state index contributed by atoms with van der Waals surface area (Å²) in [5.41, 5.74) is 0.485. The standard InChI is InChI=1S/C30H41Cl2N5O4/c1-18-23(19-10-8-11-20(31)22(19)32)34-24(35-26(38)41-29(5,6)7)25(33-18)36-16-14-30(15-17-36)13-9-12-21(30)37(27(39)40)28(2,3)4/h8,10-11,21H,9,12-17H2,1-7H3,(H,39,40)(H,34,35,38)/t21-/m1/s1. The van der Waals surface area contributed by atoms with Gasteiger partial charge < -0.3 is 14.7 Å². The molecule has 2 aromatic rings. The molecular formula is C30H41Cl2N5O4. The average molecular weight is 607 g/mol. The van der Waals surface area contributed by atoms with Crippen molar-refractivity contribution in [1.29, 1.82) is 0 Å². The molecule has 2 N–H and O–H groups in total. The van der Waals surface area contributed by atoms with Crippen molar-refractivity contribution >= 4 is 47.0 Å². The van der Waals surface area contributed by atoms with E-state index in [2.05, 4.69) is 10.2 Å². The molecule has 2 fully saturated rings. The first kappa shape index (κ1) is 31.2. The van der Waals surface area contributed by atoms with Gasteiger partial charge in [0.2, 0.25) is 0 Å². The predicted molar refractivity (Wildman–Crippen MR) is 163 cm³/mol. The zero-order valence-corrected chi connectivity index (χ0v) is 26.5. The number of hydrogen-bond acceptors (Lipinski definition) is 6. The molecule has 1 atom stereocenters. The third-order valence-electron chi connectivity index (χ3n) is 8.04. The molecule has 0 radical (unpaired) electrons. The molecule has 2 amide bonds. The average Bonchev–Trinajstić information content (AvgIpc) is 3.22. The highest BCUT2D eigenvalue weighted by molar-refractivity contribution is 6.43. The summed E-state index contributed by atoms with van der Waals surface area (Å²) in [6, 6.07) is 5.27. The van der Waals surface area contributed by atoms with Gasteiger partial charge in [-0.05, 0) is 85.6 Å². The van der Waals surface area contributed by atoms with Gasteiger partial charge in [0.25, 0.3) is 0 Å². The van der Waals surface area contributed by atoms with Crippen molar-refractivity contribution in [2.24, 2.45) is 5.41 Å². The number of benzene rings is 1. The second-order valence-corrected chi connectivity index (χ2v) is 13.9. The number of nitrogens with one attached hydrogen (secondary N) is 1. The molecule has 2 heterocycles. The SMILES string of the molecule is Cc1nc(N2CCC3(CCC[C@H]3N(C(=O)O)C(C)(C)C)CC2)c(NC(=O)OC(C)(C)C)nc1-c1cccc(Cl)c1Cl. The van der Waals surface area contributed by atoms with E-state index < -0.39 is 23.3 Å². The van der Waals surface area contributed by atoms with Crippen LogP contribution in [0.3, 0.4) is 0 Å². The van der Waals surface area contributed by atoms with E-state index >= 15 is 0 Å². The molecule has 1 aromatic heterocycles. The zero-order chi connectivity index (χ0) is 30.3. The van der Waals surface area contributed by atoms with Gasteiger partial charge in [-0.2, -0.15) is 0 Å². The number of nitrogens with zero attached hydrogens (tertiary/aromatic N) is 4. The molecule has 1 aliphatic carbocycles. The van der Waals surface area contributed by atoms with Crippen LogP contribution in [0.2, 0.25) is 10.0 Å². The molecule has 41 heavy (non-hydrogen) atoms. The Balaban J connectivity index is 1.68. The fourth-order valence-electron chi connectivity index (χ4n) is 6.31. The molecule has 0 unspecified atom stereocenters. The third kappa shape index (κ3) is 6.67. The van der Waals surface area contributed by atoms with E-state index in [1.54, 1.807) is 37.8 Å². The van der Waals surface area contributed by atoms with Crippen LogP contribution >= 0.6 is 23.2 Å². The first-order valence-electron chi connectivity index (χ1n) is 14.1. The number of carboxylic acid groups (broad SMARTS) is 1. The largest absolute Gasteiger partial charge is 0.465 e. The Morgan fingerprint density at radius 2 is 1.76 bits per heavy atom. The second kappa shape index (κ2) is 11.5. The van der Waals surface area contributed by atoms with Crippen LogP contribution in [0.25, 0.3) is 11.3 Å². The molecular weight excluding hydrogens is 565 g/mol. The maximum Gasteiger partial charge on any atom is 0.413 e. The van der Waals surface area contributed by atoms with Crippen LogP contribution < -0.4 is 10.2 Å². The van der Waals surface area contributed by atoms with Crippen LogP contribution in [0.15, 0.2) is 18.2 Å². The minimum Gasteiger partial charge on any atom is -0.465 e. The summed E-state index contributed by atoms with van der Waals surface area (Å²) in [7, 11) is 0. The first-order chi connectivity index (χ1) is 19.0. The molecule has 0 bridgehead atoms. The van der Waals surface area contributed by atoms with Gasteiger partial charge >= 0.3 is 12.2 Å².